The molecule has 1 N–H and O–H groups in total. The van der Waals surface area contributed by atoms with Crippen molar-refractivity contribution in [2.45, 2.75) is 35.8 Å². The number of hydrogen-bond acceptors (Lipinski definition) is 5. The Bertz CT molecular complexity index is 626. The van der Waals surface area contributed by atoms with Crippen LogP contribution >= 0.6 is 24.2 Å². The summed E-state index contributed by atoms with van der Waals surface area (Å²) in [5.41, 5.74) is -3.56. The molecule has 1 heterocycles. The molecular formula is C17H24ClF3N2O3S. The summed E-state index contributed by atoms with van der Waals surface area (Å²) >= 11 is -0.168. The van der Waals surface area contributed by atoms with Crippen LogP contribution in [0.1, 0.15) is 18.4 Å². The molecule has 1 saturated heterocycles. The minimum Gasteiger partial charge on any atom is -0.496 e. The first kappa shape index (κ1) is 23.9. The molecule has 0 unspecified atom stereocenters. The molecule has 1 aromatic carbocycles. The Balaban J connectivity index is 0.00000364. The van der Waals surface area contributed by atoms with Crippen LogP contribution in [0.3, 0.4) is 0 Å². The summed E-state index contributed by atoms with van der Waals surface area (Å²) in [6.07, 6.45) is 1.67. The van der Waals surface area contributed by atoms with Gasteiger partial charge in [-0.2, -0.15) is 13.2 Å². The average Bonchev–Trinajstić information content (AvgIpc) is 2.53. The largest absolute Gasteiger partial charge is 0.496 e. The number of carboxylic acid groups (broad SMARTS) is 1. The van der Waals surface area contributed by atoms with Crippen LogP contribution < -0.4 is 4.74 Å². The van der Waals surface area contributed by atoms with E-state index in [9.17, 15) is 18.0 Å². The monoisotopic (exact) mass is 428 g/mol. The van der Waals surface area contributed by atoms with Crippen molar-refractivity contribution < 1.29 is 27.8 Å². The molecule has 1 fully saturated rings. The van der Waals surface area contributed by atoms with Crippen molar-refractivity contribution in [2.75, 3.05) is 33.8 Å². The molecule has 27 heavy (non-hydrogen) atoms. The van der Waals surface area contributed by atoms with Crippen molar-refractivity contribution in [3.05, 3.63) is 23.8 Å². The molecule has 0 amide bonds. The van der Waals surface area contributed by atoms with E-state index in [2.05, 4.69) is 4.90 Å². The van der Waals surface area contributed by atoms with E-state index in [1.807, 2.05) is 4.90 Å². The van der Waals surface area contributed by atoms with Gasteiger partial charge in [0.15, 0.2) is 0 Å². The Morgan fingerprint density at radius 3 is 2.52 bits per heavy atom. The molecule has 1 aliphatic rings. The first-order chi connectivity index (χ1) is 12.2. The molecule has 1 aromatic rings. The van der Waals surface area contributed by atoms with Crippen LogP contribution in [0, 0.1) is 0 Å². The molecule has 0 aromatic heterocycles. The van der Waals surface area contributed by atoms with Crippen LogP contribution in [-0.4, -0.2) is 66.2 Å². The van der Waals surface area contributed by atoms with Crippen LogP contribution in [-0.2, 0) is 11.3 Å². The first-order valence-electron chi connectivity index (χ1n) is 8.25. The van der Waals surface area contributed by atoms with Crippen LogP contribution in [0.4, 0.5) is 13.2 Å². The number of nitrogens with zero attached hydrogens (tertiary/aromatic N) is 2. The normalized spacial score (nSPS) is 16.2. The van der Waals surface area contributed by atoms with Crippen LogP contribution in [0.2, 0.25) is 0 Å². The second-order valence-corrected chi connectivity index (χ2v) is 7.46. The fraction of sp³-hybridized carbons (Fsp3) is 0.588. The van der Waals surface area contributed by atoms with E-state index < -0.39 is 11.5 Å². The number of thioether (sulfide) groups is 1. The maximum Gasteiger partial charge on any atom is 0.446 e. The Morgan fingerprint density at radius 2 is 2.00 bits per heavy atom. The lowest BCUT2D eigenvalue weighted by molar-refractivity contribution is -0.138. The van der Waals surface area contributed by atoms with Crippen LogP contribution in [0.15, 0.2) is 23.1 Å². The molecular weight excluding hydrogens is 405 g/mol. The van der Waals surface area contributed by atoms with E-state index in [4.69, 9.17) is 9.84 Å². The summed E-state index contributed by atoms with van der Waals surface area (Å²) in [5.74, 6) is -0.632. The Kier molecular flexibility index (Phi) is 9.20. The molecule has 1 aliphatic heterocycles. The smallest absolute Gasteiger partial charge is 0.446 e. The van der Waals surface area contributed by atoms with Crippen molar-refractivity contribution in [1.29, 1.82) is 0 Å². The predicted molar refractivity (Wildman–Crippen MR) is 101 cm³/mol. The zero-order chi connectivity index (χ0) is 19.3. The van der Waals surface area contributed by atoms with Gasteiger partial charge < -0.3 is 9.84 Å². The van der Waals surface area contributed by atoms with E-state index >= 15 is 0 Å². The fourth-order valence-corrected chi connectivity index (χ4v) is 3.85. The summed E-state index contributed by atoms with van der Waals surface area (Å²) < 4.78 is 43.1. The molecule has 0 radical (unpaired) electrons. The van der Waals surface area contributed by atoms with E-state index in [-0.39, 0.29) is 47.4 Å². The molecule has 0 spiro atoms. The lowest BCUT2D eigenvalue weighted by Crippen LogP contribution is -2.44. The van der Waals surface area contributed by atoms with Gasteiger partial charge in [-0.25, -0.2) is 0 Å². The second-order valence-electron chi connectivity index (χ2n) is 6.35. The van der Waals surface area contributed by atoms with Gasteiger partial charge in [-0.05, 0) is 62.4 Å². The van der Waals surface area contributed by atoms with Gasteiger partial charge in [0.05, 0.1) is 18.6 Å². The molecule has 2 rings (SSSR count). The van der Waals surface area contributed by atoms with Crippen molar-refractivity contribution in [3.8, 4) is 5.75 Å². The Hall–Kier alpha value is -1.16. The summed E-state index contributed by atoms with van der Waals surface area (Å²) in [5, 5.41) is 8.87. The maximum absolute atomic E-state index is 12.7. The fourth-order valence-electron chi connectivity index (χ4n) is 3.14. The minimum absolute atomic E-state index is 0. The number of alkyl halides is 3. The maximum atomic E-state index is 12.7. The molecule has 0 aliphatic carbocycles. The molecule has 0 atom stereocenters. The Labute approximate surface area is 167 Å². The van der Waals surface area contributed by atoms with Gasteiger partial charge >= 0.3 is 11.5 Å². The molecule has 10 heteroatoms. The highest BCUT2D eigenvalue weighted by atomic mass is 35.5. The van der Waals surface area contributed by atoms with Gasteiger partial charge in [0.25, 0.3) is 0 Å². The number of hydrogen-bond donors (Lipinski definition) is 1. The topological polar surface area (TPSA) is 53.0 Å². The SMILES string of the molecule is COc1ccc(CN2CCC(N(C)CC(=O)O)CC2)cc1SC(F)(F)F.Cl. The molecule has 154 valence electrons. The number of carbonyl (C=O) groups is 1. The quantitative estimate of drug-likeness (QED) is 0.668. The zero-order valence-electron chi connectivity index (χ0n) is 15.2. The van der Waals surface area contributed by atoms with Crippen LogP contribution in [0.5, 0.6) is 5.75 Å². The molecule has 0 saturated carbocycles. The minimum atomic E-state index is -4.36. The van der Waals surface area contributed by atoms with Gasteiger partial charge in [0.2, 0.25) is 0 Å². The van der Waals surface area contributed by atoms with Gasteiger partial charge in [-0.3, -0.25) is 14.6 Å². The van der Waals surface area contributed by atoms with Crippen LogP contribution in [0.25, 0.3) is 0 Å². The number of methoxy groups -OCH3 is 1. The van der Waals surface area contributed by atoms with Gasteiger partial charge in [0, 0.05) is 12.6 Å². The lowest BCUT2D eigenvalue weighted by atomic mass is 10.0. The third-order valence-corrected chi connectivity index (χ3v) is 5.20. The lowest BCUT2D eigenvalue weighted by Gasteiger charge is -2.36. The second kappa shape index (κ2) is 10.4. The zero-order valence-corrected chi connectivity index (χ0v) is 16.8. The number of benzene rings is 1. The van der Waals surface area contributed by atoms with Crippen molar-refractivity contribution in [1.82, 2.24) is 9.80 Å². The number of carboxylic acids is 1. The highest BCUT2D eigenvalue weighted by Crippen LogP contribution is 2.41. The Morgan fingerprint density at radius 1 is 1.37 bits per heavy atom. The third-order valence-electron chi connectivity index (χ3n) is 4.43. The number of rotatable bonds is 7. The van der Waals surface area contributed by atoms with E-state index in [1.54, 1.807) is 19.2 Å². The van der Waals surface area contributed by atoms with Gasteiger partial charge in [-0.1, -0.05) is 6.07 Å². The predicted octanol–water partition coefficient (Wildman–Crippen LogP) is 3.71. The van der Waals surface area contributed by atoms with E-state index in [1.165, 1.54) is 13.2 Å². The average molecular weight is 429 g/mol. The van der Waals surface area contributed by atoms with E-state index in [0.717, 1.165) is 31.5 Å². The van der Waals surface area contributed by atoms with Gasteiger partial charge in [-0.15, -0.1) is 12.4 Å². The van der Waals surface area contributed by atoms with Gasteiger partial charge in [0.1, 0.15) is 5.75 Å². The highest BCUT2D eigenvalue weighted by Gasteiger charge is 2.31. The molecule has 0 bridgehead atoms. The summed E-state index contributed by atoms with van der Waals surface area (Å²) in [6.45, 7) is 2.14. The highest BCUT2D eigenvalue weighted by molar-refractivity contribution is 8.00. The number of likely N-dealkylation sites (N-methyl/N-ethyl adjacent to an activating group) is 1. The number of halogens is 4. The summed E-state index contributed by atoms with van der Waals surface area (Å²) in [4.78, 5) is 14.9. The first-order valence-corrected chi connectivity index (χ1v) is 9.06. The number of ether oxygens (including phenoxy) is 1. The number of aliphatic carboxylic acids is 1. The number of piperidine rings is 1. The summed E-state index contributed by atoms with van der Waals surface area (Å²) in [7, 11) is 3.16. The van der Waals surface area contributed by atoms with Crippen molar-refractivity contribution >= 4 is 30.1 Å². The number of likely N-dealkylation sites (tertiary alicyclic amines) is 1. The van der Waals surface area contributed by atoms with Crippen molar-refractivity contribution in [3.63, 3.8) is 0 Å². The molecule has 5 nitrogen and oxygen atoms in total. The standard InChI is InChI=1S/C17H23F3N2O3S.ClH/c1-21(11-16(23)24)13-5-7-22(8-6-13)10-12-3-4-14(25-2)15(9-12)26-17(18,19)20;/h3-4,9,13H,5-8,10-11H2,1-2H3,(H,23,24);1H. The third kappa shape index (κ3) is 7.77. The summed E-state index contributed by atoms with van der Waals surface area (Å²) in [6, 6.07) is 5.09. The van der Waals surface area contributed by atoms with E-state index in [0.29, 0.717) is 6.54 Å². The van der Waals surface area contributed by atoms with Crippen molar-refractivity contribution in [2.24, 2.45) is 0 Å².